The number of aromatic nitrogens is 6. The Morgan fingerprint density at radius 1 is 1.03 bits per heavy atom. The van der Waals surface area contributed by atoms with Crippen molar-refractivity contribution in [1.29, 1.82) is 0 Å². The van der Waals surface area contributed by atoms with Gasteiger partial charge in [0.2, 0.25) is 0 Å². The molecule has 3 aromatic heterocycles. The van der Waals surface area contributed by atoms with E-state index < -0.39 is 11.4 Å². The van der Waals surface area contributed by atoms with Crippen molar-refractivity contribution in [3.8, 4) is 0 Å². The molecule has 0 saturated carbocycles. The van der Waals surface area contributed by atoms with Crippen LogP contribution in [-0.4, -0.2) is 29.5 Å². The number of aromatic amines is 1. The molecule has 30 heavy (non-hydrogen) atoms. The van der Waals surface area contributed by atoms with Gasteiger partial charge in [-0.3, -0.25) is 9.36 Å². The highest BCUT2D eigenvalue weighted by atomic mass is 32.2. The Bertz CT molecular complexity index is 1420. The molecule has 2 aromatic carbocycles. The second-order valence-electron chi connectivity index (χ2n) is 6.61. The first-order chi connectivity index (χ1) is 14.7. The van der Waals surface area contributed by atoms with Gasteiger partial charge in [-0.15, -0.1) is 0 Å². The zero-order valence-electron chi connectivity index (χ0n) is 15.6. The molecule has 0 fully saturated rings. The van der Waals surface area contributed by atoms with Gasteiger partial charge in [0.25, 0.3) is 5.56 Å². The lowest BCUT2D eigenvalue weighted by molar-refractivity contribution is 0.631. The lowest BCUT2D eigenvalue weighted by atomic mass is 10.2. The lowest BCUT2D eigenvalue weighted by Gasteiger charge is -2.14. The number of halogens is 1. The fraction of sp³-hybridized carbons (Fsp3) is 0.0952. The van der Waals surface area contributed by atoms with Gasteiger partial charge < -0.3 is 4.98 Å². The molecule has 1 N–H and O–H groups in total. The molecule has 0 aliphatic rings. The van der Waals surface area contributed by atoms with Crippen LogP contribution < -0.4 is 5.56 Å². The summed E-state index contributed by atoms with van der Waals surface area (Å²) in [6.07, 6.45) is 3.02. The second-order valence-corrected chi connectivity index (χ2v) is 7.57. The molecule has 5 aromatic rings. The molecule has 5 rings (SSSR count). The highest BCUT2D eigenvalue weighted by Gasteiger charge is 2.16. The minimum Gasteiger partial charge on any atom is -0.329 e. The van der Waals surface area contributed by atoms with Gasteiger partial charge in [0.05, 0.1) is 24.1 Å². The summed E-state index contributed by atoms with van der Waals surface area (Å²) < 4.78 is 15.9. The van der Waals surface area contributed by atoms with E-state index in [0.29, 0.717) is 39.8 Å². The van der Waals surface area contributed by atoms with E-state index >= 15 is 0 Å². The molecule has 0 amide bonds. The number of rotatable bonds is 5. The van der Waals surface area contributed by atoms with Crippen LogP contribution in [0.1, 0.15) is 11.4 Å². The summed E-state index contributed by atoms with van der Waals surface area (Å²) >= 11 is 1.40. The van der Waals surface area contributed by atoms with Crippen LogP contribution >= 0.6 is 11.8 Å². The van der Waals surface area contributed by atoms with E-state index in [1.807, 2.05) is 30.3 Å². The topological polar surface area (TPSA) is 89.3 Å². The quantitative estimate of drug-likeness (QED) is 0.347. The largest absolute Gasteiger partial charge is 0.329 e. The summed E-state index contributed by atoms with van der Waals surface area (Å²) in [5.41, 5.74) is 2.17. The summed E-state index contributed by atoms with van der Waals surface area (Å²) in [6.45, 7) is 0.300. The normalized spacial score (nSPS) is 11.4. The van der Waals surface area contributed by atoms with Gasteiger partial charge in [-0.1, -0.05) is 48.2 Å². The SMILES string of the molecule is O=c1c2c(F)cccc2nc(CSc2ncnc3[nH]cnc23)n1Cc1ccccc1. The van der Waals surface area contributed by atoms with Gasteiger partial charge in [0.15, 0.2) is 5.65 Å². The first kappa shape index (κ1) is 18.4. The molecule has 0 aliphatic carbocycles. The molecule has 0 saturated heterocycles. The maximum absolute atomic E-state index is 14.4. The van der Waals surface area contributed by atoms with Crippen molar-refractivity contribution in [2.24, 2.45) is 0 Å². The van der Waals surface area contributed by atoms with Gasteiger partial charge in [0.1, 0.15) is 33.9 Å². The number of thioether (sulfide) groups is 1. The average molecular weight is 418 g/mol. The molecule has 3 heterocycles. The number of nitrogens with one attached hydrogen (secondary N) is 1. The third-order valence-electron chi connectivity index (χ3n) is 4.72. The Hall–Kier alpha value is -3.59. The first-order valence-corrected chi connectivity index (χ1v) is 10.2. The molecular weight excluding hydrogens is 403 g/mol. The Kier molecular flexibility index (Phi) is 4.72. The number of benzene rings is 2. The van der Waals surface area contributed by atoms with Crippen molar-refractivity contribution < 1.29 is 4.39 Å². The van der Waals surface area contributed by atoms with E-state index in [9.17, 15) is 9.18 Å². The third kappa shape index (κ3) is 3.33. The van der Waals surface area contributed by atoms with Crippen LogP contribution in [0.2, 0.25) is 0 Å². The van der Waals surface area contributed by atoms with Crippen molar-refractivity contribution in [2.75, 3.05) is 0 Å². The fourth-order valence-electron chi connectivity index (χ4n) is 3.29. The molecule has 9 heteroatoms. The van der Waals surface area contributed by atoms with Crippen molar-refractivity contribution in [3.05, 3.63) is 88.7 Å². The van der Waals surface area contributed by atoms with E-state index in [4.69, 9.17) is 0 Å². The predicted molar refractivity (Wildman–Crippen MR) is 113 cm³/mol. The predicted octanol–water partition coefficient (Wildman–Crippen LogP) is 3.54. The zero-order chi connectivity index (χ0) is 20.5. The molecule has 0 radical (unpaired) electrons. The zero-order valence-corrected chi connectivity index (χ0v) is 16.4. The van der Waals surface area contributed by atoms with E-state index in [2.05, 4.69) is 24.9 Å². The summed E-state index contributed by atoms with van der Waals surface area (Å²) in [7, 11) is 0. The van der Waals surface area contributed by atoms with Crippen molar-refractivity contribution in [2.45, 2.75) is 17.3 Å². The van der Waals surface area contributed by atoms with Crippen LogP contribution in [0.15, 0.2) is 71.0 Å². The number of hydrogen-bond donors (Lipinski definition) is 1. The van der Waals surface area contributed by atoms with E-state index in [1.165, 1.54) is 28.7 Å². The highest BCUT2D eigenvalue weighted by molar-refractivity contribution is 7.98. The van der Waals surface area contributed by atoms with Crippen molar-refractivity contribution in [3.63, 3.8) is 0 Å². The maximum atomic E-state index is 14.4. The number of hydrogen-bond acceptors (Lipinski definition) is 6. The molecule has 0 aliphatic heterocycles. The second kappa shape index (κ2) is 7.68. The molecule has 7 nitrogen and oxygen atoms in total. The van der Waals surface area contributed by atoms with E-state index in [-0.39, 0.29) is 5.39 Å². The van der Waals surface area contributed by atoms with Crippen LogP contribution in [-0.2, 0) is 12.3 Å². The smallest absolute Gasteiger partial charge is 0.264 e. The minimum atomic E-state index is -0.569. The minimum absolute atomic E-state index is 0.00101. The fourth-order valence-corrected chi connectivity index (χ4v) is 4.18. The van der Waals surface area contributed by atoms with E-state index in [1.54, 1.807) is 18.5 Å². The van der Waals surface area contributed by atoms with Gasteiger partial charge in [-0.2, -0.15) is 0 Å². The maximum Gasteiger partial charge on any atom is 0.264 e. The van der Waals surface area contributed by atoms with Gasteiger partial charge in [-0.05, 0) is 17.7 Å². The molecular formula is C21H15FN6OS. The lowest BCUT2D eigenvalue weighted by Crippen LogP contribution is -2.26. The highest BCUT2D eigenvalue weighted by Crippen LogP contribution is 2.25. The number of imidazole rings is 1. The van der Waals surface area contributed by atoms with Gasteiger partial charge >= 0.3 is 0 Å². The summed E-state index contributed by atoms with van der Waals surface area (Å²) in [5, 5.41) is 0.681. The molecule has 148 valence electrons. The number of H-pyrrole nitrogens is 1. The molecule has 0 unspecified atom stereocenters. The molecule has 0 bridgehead atoms. The van der Waals surface area contributed by atoms with Gasteiger partial charge in [0, 0.05) is 0 Å². The Balaban J connectivity index is 1.59. The van der Waals surface area contributed by atoms with Gasteiger partial charge in [-0.25, -0.2) is 24.3 Å². The molecule has 0 atom stereocenters. The summed E-state index contributed by atoms with van der Waals surface area (Å²) in [5.74, 6) is 0.335. The van der Waals surface area contributed by atoms with Crippen LogP contribution in [0.4, 0.5) is 4.39 Å². The standard InChI is InChI=1S/C21H15FN6OS/c22-14-7-4-8-15-17(14)21(29)28(9-13-5-2-1-3-6-13)16(27-15)10-30-20-18-19(24-11-23-18)25-12-26-20/h1-8,11-12H,9-10H2,(H,23,24,25,26). The average Bonchev–Trinajstić information content (AvgIpc) is 3.25. The van der Waals surface area contributed by atoms with E-state index in [0.717, 1.165) is 5.56 Å². The summed E-state index contributed by atoms with van der Waals surface area (Å²) in [6, 6.07) is 14.0. The number of nitrogens with zero attached hydrogens (tertiary/aromatic N) is 5. The molecule has 0 spiro atoms. The first-order valence-electron chi connectivity index (χ1n) is 9.19. The number of fused-ring (bicyclic) bond motifs is 2. The van der Waals surface area contributed by atoms with Crippen molar-refractivity contribution in [1.82, 2.24) is 29.5 Å². The summed E-state index contributed by atoms with van der Waals surface area (Å²) in [4.78, 5) is 33.4. The van der Waals surface area contributed by atoms with Crippen LogP contribution in [0.3, 0.4) is 0 Å². The Morgan fingerprint density at radius 2 is 1.90 bits per heavy atom. The monoisotopic (exact) mass is 418 g/mol. The van der Waals surface area contributed by atoms with Crippen LogP contribution in [0.5, 0.6) is 0 Å². The van der Waals surface area contributed by atoms with Crippen LogP contribution in [0, 0.1) is 5.82 Å². The van der Waals surface area contributed by atoms with Crippen LogP contribution in [0.25, 0.3) is 22.1 Å². The van der Waals surface area contributed by atoms with Crippen molar-refractivity contribution >= 4 is 33.8 Å². The Labute approximate surface area is 174 Å². The Morgan fingerprint density at radius 3 is 2.77 bits per heavy atom. The third-order valence-corrected chi connectivity index (χ3v) is 5.69.